The van der Waals surface area contributed by atoms with E-state index in [-0.39, 0.29) is 5.91 Å². The first kappa shape index (κ1) is 26.7. The summed E-state index contributed by atoms with van der Waals surface area (Å²) in [6, 6.07) is 8.10. The number of benzene rings is 1. The zero-order chi connectivity index (χ0) is 22.7. The van der Waals surface area contributed by atoms with Crippen molar-refractivity contribution in [1.29, 1.82) is 0 Å². The molecule has 1 aromatic rings. The third kappa shape index (κ3) is 11.9. The van der Waals surface area contributed by atoms with Crippen molar-refractivity contribution in [2.75, 3.05) is 25.0 Å². The molecule has 1 heterocycles. The van der Waals surface area contributed by atoms with Crippen molar-refractivity contribution in [2.24, 2.45) is 0 Å². The average Bonchev–Trinajstić information content (AvgIpc) is 3.11. The predicted octanol–water partition coefficient (Wildman–Crippen LogP) is 8.60. The Balaban J connectivity index is 1.43. The maximum atomic E-state index is 12.7. The van der Waals surface area contributed by atoms with Gasteiger partial charge in [-0.15, -0.1) is 0 Å². The molecular formula is C29H50N2O. The summed E-state index contributed by atoms with van der Waals surface area (Å²) >= 11 is 0. The van der Waals surface area contributed by atoms with Gasteiger partial charge in [0.05, 0.1) is 0 Å². The van der Waals surface area contributed by atoms with Crippen LogP contribution in [0.3, 0.4) is 0 Å². The lowest BCUT2D eigenvalue weighted by Crippen LogP contribution is -2.31. The van der Waals surface area contributed by atoms with Crippen LogP contribution < -0.4 is 5.32 Å². The summed E-state index contributed by atoms with van der Waals surface area (Å²) in [5.41, 5.74) is 1.96. The van der Waals surface area contributed by atoms with Crippen LogP contribution in [-0.4, -0.2) is 30.4 Å². The molecule has 1 fully saturated rings. The monoisotopic (exact) mass is 442 g/mol. The van der Waals surface area contributed by atoms with E-state index in [1.54, 1.807) is 0 Å². The summed E-state index contributed by atoms with van der Waals surface area (Å²) in [4.78, 5) is 14.7. The van der Waals surface area contributed by atoms with Gasteiger partial charge in [0, 0.05) is 30.9 Å². The molecule has 3 nitrogen and oxygen atoms in total. The van der Waals surface area contributed by atoms with Crippen LogP contribution in [0.1, 0.15) is 133 Å². The van der Waals surface area contributed by atoms with Crippen molar-refractivity contribution in [1.82, 2.24) is 4.90 Å². The molecule has 182 valence electrons. The highest BCUT2D eigenvalue weighted by atomic mass is 16.2. The van der Waals surface area contributed by atoms with E-state index >= 15 is 0 Å². The second-order valence-corrected chi connectivity index (χ2v) is 9.81. The molecule has 0 aliphatic carbocycles. The van der Waals surface area contributed by atoms with E-state index in [1.165, 1.54) is 103 Å². The number of likely N-dealkylation sites (tertiary alicyclic amines) is 1. The summed E-state index contributed by atoms with van der Waals surface area (Å²) < 4.78 is 0. The normalized spacial score (nSPS) is 14.3. The van der Waals surface area contributed by atoms with Gasteiger partial charge < -0.3 is 10.2 Å². The van der Waals surface area contributed by atoms with E-state index < -0.39 is 0 Å². The standard InChI is InChI=1S/C29H50N2O/c1-2-3-4-5-6-7-8-9-10-11-12-13-14-17-24-30-28-22-20-27(21-23-28)29(32)31-25-18-15-16-19-26-31/h20-23,30H,2-19,24-26H2,1H3. The lowest BCUT2D eigenvalue weighted by atomic mass is 10.0. The molecule has 1 aliphatic rings. The molecular weight excluding hydrogens is 392 g/mol. The van der Waals surface area contributed by atoms with Gasteiger partial charge in [-0.25, -0.2) is 0 Å². The van der Waals surface area contributed by atoms with Crippen LogP contribution >= 0.6 is 0 Å². The second-order valence-electron chi connectivity index (χ2n) is 9.81. The van der Waals surface area contributed by atoms with E-state index in [1.807, 2.05) is 17.0 Å². The van der Waals surface area contributed by atoms with Crippen LogP contribution in [0.5, 0.6) is 0 Å². The summed E-state index contributed by atoms with van der Waals surface area (Å²) in [6.07, 6.45) is 24.4. The Hall–Kier alpha value is -1.51. The number of anilines is 1. The lowest BCUT2D eigenvalue weighted by molar-refractivity contribution is 0.0761. The zero-order valence-electron chi connectivity index (χ0n) is 21.0. The fourth-order valence-corrected chi connectivity index (χ4v) is 4.74. The van der Waals surface area contributed by atoms with Crippen molar-refractivity contribution < 1.29 is 4.79 Å². The van der Waals surface area contributed by atoms with Crippen molar-refractivity contribution in [3.8, 4) is 0 Å². The van der Waals surface area contributed by atoms with Crippen molar-refractivity contribution in [2.45, 2.75) is 122 Å². The molecule has 1 amide bonds. The van der Waals surface area contributed by atoms with Crippen LogP contribution in [0.15, 0.2) is 24.3 Å². The molecule has 0 bridgehead atoms. The predicted molar refractivity (Wildman–Crippen MR) is 140 cm³/mol. The van der Waals surface area contributed by atoms with Gasteiger partial charge in [0.15, 0.2) is 0 Å². The van der Waals surface area contributed by atoms with E-state index in [0.717, 1.165) is 43.7 Å². The molecule has 0 radical (unpaired) electrons. The molecule has 1 N–H and O–H groups in total. The van der Waals surface area contributed by atoms with Gasteiger partial charge >= 0.3 is 0 Å². The molecule has 0 spiro atoms. The second kappa shape index (κ2) is 18.0. The fourth-order valence-electron chi connectivity index (χ4n) is 4.74. The Labute approximate surface area is 198 Å². The maximum Gasteiger partial charge on any atom is 0.253 e. The Morgan fingerprint density at radius 3 is 1.66 bits per heavy atom. The van der Waals surface area contributed by atoms with E-state index in [9.17, 15) is 4.79 Å². The van der Waals surface area contributed by atoms with E-state index in [4.69, 9.17) is 0 Å². The molecule has 1 aliphatic heterocycles. The number of hydrogen-bond acceptors (Lipinski definition) is 2. The van der Waals surface area contributed by atoms with Crippen molar-refractivity contribution >= 4 is 11.6 Å². The SMILES string of the molecule is CCCCCCCCCCCCCCCCNc1ccc(C(=O)N2CCCCCC2)cc1. The first-order valence-corrected chi connectivity index (χ1v) is 13.9. The Bertz CT molecular complexity index is 575. The molecule has 0 saturated carbocycles. The summed E-state index contributed by atoms with van der Waals surface area (Å²) in [5, 5.41) is 3.52. The van der Waals surface area contributed by atoms with E-state index in [0.29, 0.717) is 0 Å². The third-order valence-electron chi connectivity index (χ3n) is 6.88. The van der Waals surface area contributed by atoms with Crippen molar-refractivity contribution in [3.05, 3.63) is 29.8 Å². The quantitative estimate of drug-likeness (QED) is 0.245. The third-order valence-corrected chi connectivity index (χ3v) is 6.88. The fraction of sp³-hybridized carbons (Fsp3) is 0.759. The van der Waals surface area contributed by atoms with Crippen LogP contribution in [0, 0.1) is 0 Å². The lowest BCUT2D eigenvalue weighted by Gasteiger charge is -2.20. The molecule has 1 saturated heterocycles. The van der Waals surface area contributed by atoms with Crippen molar-refractivity contribution in [3.63, 3.8) is 0 Å². The van der Waals surface area contributed by atoms with Gasteiger partial charge in [-0.3, -0.25) is 4.79 Å². The van der Waals surface area contributed by atoms with Crippen LogP contribution in [0.2, 0.25) is 0 Å². The summed E-state index contributed by atoms with van der Waals surface area (Å²) in [6.45, 7) is 5.14. The van der Waals surface area contributed by atoms with Gasteiger partial charge in [0.2, 0.25) is 0 Å². The van der Waals surface area contributed by atoms with Gasteiger partial charge in [-0.1, -0.05) is 103 Å². The van der Waals surface area contributed by atoms with Gasteiger partial charge in [-0.05, 0) is 43.5 Å². The number of carbonyl (C=O) groups is 1. The molecule has 0 unspecified atom stereocenters. The first-order chi connectivity index (χ1) is 15.8. The topological polar surface area (TPSA) is 32.3 Å². The van der Waals surface area contributed by atoms with Gasteiger partial charge in [-0.2, -0.15) is 0 Å². The van der Waals surface area contributed by atoms with E-state index in [2.05, 4.69) is 24.4 Å². The number of carbonyl (C=O) groups excluding carboxylic acids is 1. The number of rotatable bonds is 17. The highest BCUT2D eigenvalue weighted by molar-refractivity contribution is 5.94. The van der Waals surface area contributed by atoms with Crippen LogP contribution in [0.25, 0.3) is 0 Å². The molecule has 3 heteroatoms. The van der Waals surface area contributed by atoms with Gasteiger partial charge in [0.1, 0.15) is 0 Å². The molecule has 1 aromatic carbocycles. The highest BCUT2D eigenvalue weighted by Gasteiger charge is 2.16. The zero-order valence-corrected chi connectivity index (χ0v) is 21.0. The Kier molecular flexibility index (Phi) is 15.0. The minimum Gasteiger partial charge on any atom is -0.385 e. The Morgan fingerprint density at radius 2 is 1.16 bits per heavy atom. The number of amides is 1. The summed E-state index contributed by atoms with van der Waals surface area (Å²) in [7, 11) is 0. The Morgan fingerprint density at radius 1 is 0.688 bits per heavy atom. The molecule has 0 atom stereocenters. The largest absolute Gasteiger partial charge is 0.385 e. The molecule has 2 rings (SSSR count). The highest BCUT2D eigenvalue weighted by Crippen LogP contribution is 2.16. The van der Waals surface area contributed by atoms with Crippen LogP contribution in [0.4, 0.5) is 5.69 Å². The summed E-state index contributed by atoms with van der Waals surface area (Å²) in [5.74, 6) is 0.199. The van der Waals surface area contributed by atoms with Gasteiger partial charge in [0.25, 0.3) is 5.91 Å². The molecule has 32 heavy (non-hydrogen) atoms. The number of unbranched alkanes of at least 4 members (excludes halogenated alkanes) is 13. The first-order valence-electron chi connectivity index (χ1n) is 13.9. The maximum absolute atomic E-state index is 12.7. The number of hydrogen-bond donors (Lipinski definition) is 1. The minimum atomic E-state index is 0.199. The number of nitrogens with one attached hydrogen (secondary N) is 1. The average molecular weight is 443 g/mol. The molecule has 0 aromatic heterocycles. The van der Waals surface area contributed by atoms with Crippen LogP contribution in [-0.2, 0) is 0 Å². The number of nitrogens with zero attached hydrogens (tertiary/aromatic N) is 1. The smallest absolute Gasteiger partial charge is 0.253 e. The minimum absolute atomic E-state index is 0.199.